The first-order chi connectivity index (χ1) is 11.6. The monoisotopic (exact) mass is 420 g/mol. The summed E-state index contributed by atoms with van der Waals surface area (Å²) in [5.74, 6) is -4.43. The molecule has 1 amide bonds. The minimum absolute atomic E-state index is 0.0766. The molecule has 0 aliphatic heterocycles. The van der Waals surface area contributed by atoms with Crippen molar-refractivity contribution in [3.8, 4) is 0 Å². The number of hydrogen-bond acceptors (Lipinski definition) is 1. The number of alkyl halides is 3. The minimum Gasteiger partial charge on any atom is -0.383 e. The summed E-state index contributed by atoms with van der Waals surface area (Å²) in [7, 11) is 0. The third-order valence-corrected chi connectivity index (χ3v) is 3.90. The number of amidine groups is 1. The molecule has 0 saturated carbocycles. The van der Waals surface area contributed by atoms with Gasteiger partial charge in [0, 0.05) is 16.1 Å². The highest BCUT2D eigenvalue weighted by molar-refractivity contribution is 9.10. The standard InChI is InChI=1S/C16H10BrF5N2O/c17-13-2-1-9(14(23)24-15(25)16(20,21)22)6-10(13)3-8-4-11(18)7-12(19)5-8/h1-2,4-7H,3H2,(H2,23,24,25). The molecule has 0 unspecified atom stereocenters. The molecular weight excluding hydrogens is 411 g/mol. The lowest BCUT2D eigenvalue weighted by Crippen LogP contribution is -2.25. The van der Waals surface area contributed by atoms with Crippen LogP contribution in [0.2, 0.25) is 0 Å². The predicted molar refractivity (Wildman–Crippen MR) is 85.1 cm³/mol. The summed E-state index contributed by atoms with van der Waals surface area (Å²) in [6.45, 7) is 0. The van der Waals surface area contributed by atoms with Crippen molar-refractivity contribution in [2.45, 2.75) is 12.6 Å². The molecule has 0 heterocycles. The van der Waals surface area contributed by atoms with Crippen LogP contribution >= 0.6 is 15.9 Å². The Kier molecular flexibility index (Phi) is 5.56. The van der Waals surface area contributed by atoms with E-state index in [9.17, 15) is 26.7 Å². The van der Waals surface area contributed by atoms with Crippen molar-refractivity contribution in [3.05, 3.63) is 69.2 Å². The van der Waals surface area contributed by atoms with Crippen LogP contribution in [0.5, 0.6) is 0 Å². The van der Waals surface area contributed by atoms with E-state index in [0.29, 0.717) is 15.6 Å². The molecule has 2 rings (SSSR count). The molecule has 0 aromatic heterocycles. The van der Waals surface area contributed by atoms with Gasteiger partial charge in [-0.1, -0.05) is 22.0 Å². The lowest BCUT2D eigenvalue weighted by atomic mass is 10.0. The molecule has 0 aliphatic carbocycles. The molecule has 0 bridgehead atoms. The van der Waals surface area contributed by atoms with Crippen LogP contribution in [0.15, 0.2) is 45.9 Å². The van der Waals surface area contributed by atoms with Gasteiger partial charge in [-0.05, 0) is 41.8 Å². The Bertz CT molecular complexity index is 829. The zero-order valence-electron chi connectivity index (χ0n) is 12.4. The molecule has 2 N–H and O–H groups in total. The fourth-order valence-corrected chi connectivity index (χ4v) is 2.43. The fourth-order valence-electron chi connectivity index (χ4n) is 2.04. The second-order valence-corrected chi connectivity index (χ2v) is 5.91. The third kappa shape index (κ3) is 5.09. The van der Waals surface area contributed by atoms with E-state index in [4.69, 9.17) is 5.73 Å². The summed E-state index contributed by atoms with van der Waals surface area (Å²) in [6.07, 6.45) is -5.04. The average molecular weight is 421 g/mol. The van der Waals surface area contributed by atoms with E-state index in [2.05, 4.69) is 20.9 Å². The average Bonchev–Trinajstić information content (AvgIpc) is 2.47. The molecule has 0 atom stereocenters. The van der Waals surface area contributed by atoms with Gasteiger partial charge in [-0.25, -0.2) is 8.78 Å². The number of halogens is 6. The van der Waals surface area contributed by atoms with Crippen molar-refractivity contribution in [3.63, 3.8) is 0 Å². The van der Waals surface area contributed by atoms with Crippen molar-refractivity contribution >= 4 is 27.7 Å². The first-order valence-corrected chi connectivity index (χ1v) is 7.54. The third-order valence-electron chi connectivity index (χ3n) is 3.12. The molecule has 3 nitrogen and oxygen atoms in total. The maximum absolute atomic E-state index is 13.3. The Morgan fingerprint density at radius 1 is 1.08 bits per heavy atom. The van der Waals surface area contributed by atoms with Gasteiger partial charge in [0.1, 0.15) is 17.5 Å². The van der Waals surface area contributed by atoms with Crippen molar-refractivity contribution in [1.29, 1.82) is 0 Å². The van der Waals surface area contributed by atoms with E-state index < -0.39 is 29.6 Å². The van der Waals surface area contributed by atoms with Crippen LogP contribution in [0.3, 0.4) is 0 Å². The molecule has 0 radical (unpaired) electrons. The van der Waals surface area contributed by atoms with Gasteiger partial charge >= 0.3 is 12.1 Å². The maximum atomic E-state index is 13.3. The lowest BCUT2D eigenvalue weighted by Gasteiger charge is -2.09. The summed E-state index contributed by atoms with van der Waals surface area (Å²) in [4.78, 5) is 13.7. The molecule has 0 aliphatic rings. The van der Waals surface area contributed by atoms with Crippen LogP contribution in [-0.4, -0.2) is 17.9 Å². The Balaban J connectivity index is 2.34. The summed E-state index contributed by atoms with van der Waals surface area (Å²) in [5, 5.41) is 0. The zero-order chi connectivity index (χ0) is 18.8. The van der Waals surface area contributed by atoms with Crippen molar-refractivity contribution in [1.82, 2.24) is 0 Å². The number of benzene rings is 2. The van der Waals surface area contributed by atoms with Crippen molar-refractivity contribution < 1.29 is 26.7 Å². The highest BCUT2D eigenvalue weighted by atomic mass is 79.9. The molecule has 0 spiro atoms. The highest BCUT2D eigenvalue weighted by Crippen LogP contribution is 2.23. The van der Waals surface area contributed by atoms with Gasteiger partial charge in [-0.2, -0.15) is 18.2 Å². The zero-order valence-corrected chi connectivity index (χ0v) is 14.0. The van der Waals surface area contributed by atoms with Gasteiger partial charge in [0.25, 0.3) is 0 Å². The number of aliphatic imine (C=N–C) groups is 1. The number of carbonyl (C=O) groups excluding carboxylic acids is 1. The molecule has 9 heteroatoms. The summed E-state index contributed by atoms with van der Waals surface area (Å²) >= 11 is 3.24. The Morgan fingerprint density at radius 2 is 1.68 bits per heavy atom. The minimum atomic E-state index is -5.12. The second-order valence-electron chi connectivity index (χ2n) is 5.06. The quantitative estimate of drug-likeness (QED) is 0.461. The molecule has 2 aromatic rings. The largest absolute Gasteiger partial charge is 0.473 e. The van der Waals surface area contributed by atoms with Crippen LogP contribution in [0, 0.1) is 11.6 Å². The fraction of sp³-hybridized carbons (Fsp3) is 0.125. The molecule has 0 fully saturated rings. The van der Waals surface area contributed by atoms with Crippen LogP contribution in [0.1, 0.15) is 16.7 Å². The van der Waals surface area contributed by atoms with Crippen molar-refractivity contribution in [2.24, 2.45) is 10.7 Å². The van der Waals surface area contributed by atoms with E-state index in [0.717, 1.165) is 18.2 Å². The van der Waals surface area contributed by atoms with E-state index in [1.165, 1.54) is 18.2 Å². The van der Waals surface area contributed by atoms with Gasteiger partial charge in [-0.15, -0.1) is 0 Å². The smallest absolute Gasteiger partial charge is 0.383 e. The molecule has 2 aromatic carbocycles. The summed E-state index contributed by atoms with van der Waals surface area (Å²) in [5.41, 5.74) is 6.34. The first kappa shape index (κ1) is 19.0. The second kappa shape index (κ2) is 7.30. The van der Waals surface area contributed by atoms with Gasteiger partial charge in [0.15, 0.2) is 0 Å². The maximum Gasteiger partial charge on any atom is 0.473 e. The molecule has 0 saturated heterocycles. The Morgan fingerprint density at radius 3 is 2.24 bits per heavy atom. The van der Waals surface area contributed by atoms with Gasteiger partial charge in [0.2, 0.25) is 0 Å². The van der Waals surface area contributed by atoms with E-state index in [-0.39, 0.29) is 12.0 Å². The summed E-state index contributed by atoms with van der Waals surface area (Å²) < 4.78 is 63.8. The van der Waals surface area contributed by atoms with E-state index >= 15 is 0 Å². The SMILES string of the molecule is NC(=NC(=O)C(F)(F)F)c1ccc(Br)c(Cc2cc(F)cc(F)c2)c1. The molecular formula is C16H10BrF5N2O. The normalized spacial score (nSPS) is 12.3. The topological polar surface area (TPSA) is 55.4 Å². The lowest BCUT2D eigenvalue weighted by molar-refractivity contribution is -0.169. The number of carbonyl (C=O) groups is 1. The molecule has 25 heavy (non-hydrogen) atoms. The van der Waals surface area contributed by atoms with Crippen LogP contribution < -0.4 is 5.73 Å². The first-order valence-electron chi connectivity index (χ1n) is 6.75. The van der Waals surface area contributed by atoms with Gasteiger partial charge in [-0.3, -0.25) is 4.79 Å². The predicted octanol–water partition coefficient (Wildman–Crippen LogP) is 4.11. The highest BCUT2D eigenvalue weighted by Gasteiger charge is 2.38. The summed E-state index contributed by atoms with van der Waals surface area (Å²) in [6, 6.07) is 7.22. The van der Waals surface area contributed by atoms with Crippen molar-refractivity contribution in [2.75, 3.05) is 0 Å². The Hall–Kier alpha value is -2.29. The van der Waals surface area contributed by atoms with Crippen LogP contribution in [-0.2, 0) is 11.2 Å². The van der Waals surface area contributed by atoms with Crippen LogP contribution in [0.25, 0.3) is 0 Å². The van der Waals surface area contributed by atoms with E-state index in [1.807, 2.05) is 0 Å². The van der Waals surface area contributed by atoms with Gasteiger partial charge < -0.3 is 5.73 Å². The number of nitrogens with two attached hydrogens (primary N) is 1. The van der Waals surface area contributed by atoms with E-state index in [1.54, 1.807) is 0 Å². The number of amides is 1. The number of nitrogens with zero attached hydrogens (tertiary/aromatic N) is 1. The molecule has 132 valence electrons. The van der Waals surface area contributed by atoms with Crippen LogP contribution in [0.4, 0.5) is 22.0 Å². The van der Waals surface area contributed by atoms with Gasteiger partial charge in [0.05, 0.1) is 0 Å². The number of hydrogen-bond donors (Lipinski definition) is 1. The number of rotatable bonds is 3. The Labute approximate surface area is 147 Å².